The van der Waals surface area contributed by atoms with Crippen LogP contribution in [0.1, 0.15) is 51.0 Å². The first kappa shape index (κ1) is 14.5. The lowest BCUT2D eigenvalue weighted by atomic mass is 9.83. The van der Waals surface area contributed by atoms with Crippen LogP contribution in [0.15, 0.2) is 17.5 Å². The number of thiophene rings is 1. The lowest BCUT2D eigenvalue weighted by Crippen LogP contribution is -2.48. The van der Waals surface area contributed by atoms with Crippen LogP contribution in [0.4, 0.5) is 0 Å². The molecule has 3 atom stereocenters. The van der Waals surface area contributed by atoms with Crippen LogP contribution in [-0.2, 0) is 4.79 Å². The summed E-state index contributed by atoms with van der Waals surface area (Å²) in [4.78, 5) is 13.8. The third kappa shape index (κ3) is 2.84. The summed E-state index contributed by atoms with van der Waals surface area (Å²) in [5.41, 5.74) is 5.73. The molecule has 0 aromatic carbocycles. The molecule has 1 heterocycles. The van der Waals surface area contributed by atoms with Gasteiger partial charge in [0.15, 0.2) is 0 Å². The molecular weight excluding hydrogens is 256 g/mol. The van der Waals surface area contributed by atoms with E-state index in [1.54, 1.807) is 11.3 Å². The molecule has 3 N–H and O–H groups in total. The molecule has 1 aliphatic carbocycles. The van der Waals surface area contributed by atoms with Gasteiger partial charge < -0.3 is 11.1 Å². The first-order valence-corrected chi connectivity index (χ1v) is 7.93. The summed E-state index contributed by atoms with van der Waals surface area (Å²) in [6, 6.07) is 4.21. The van der Waals surface area contributed by atoms with Crippen LogP contribution >= 0.6 is 11.3 Å². The van der Waals surface area contributed by atoms with Crippen molar-refractivity contribution in [2.75, 3.05) is 0 Å². The average molecular weight is 280 g/mol. The van der Waals surface area contributed by atoms with Gasteiger partial charge in [-0.05, 0) is 37.1 Å². The minimum atomic E-state index is -0.398. The summed E-state index contributed by atoms with van der Waals surface area (Å²) in [5, 5.41) is 5.28. The lowest BCUT2D eigenvalue weighted by molar-refractivity contribution is -0.131. The van der Waals surface area contributed by atoms with Gasteiger partial charge in [0.05, 0.1) is 11.5 Å². The van der Waals surface area contributed by atoms with Gasteiger partial charge in [0.25, 0.3) is 0 Å². The molecule has 106 valence electrons. The smallest absolute Gasteiger partial charge is 0.228 e. The van der Waals surface area contributed by atoms with Crippen LogP contribution in [0.2, 0.25) is 0 Å². The Labute approximate surface area is 119 Å². The van der Waals surface area contributed by atoms with E-state index in [-0.39, 0.29) is 18.0 Å². The molecule has 0 spiro atoms. The van der Waals surface area contributed by atoms with E-state index in [9.17, 15) is 4.79 Å². The van der Waals surface area contributed by atoms with Gasteiger partial charge in [-0.3, -0.25) is 4.79 Å². The van der Waals surface area contributed by atoms with Crippen LogP contribution in [0.25, 0.3) is 0 Å². The average Bonchev–Trinajstić information content (AvgIpc) is 2.97. The molecule has 1 saturated carbocycles. The minimum Gasteiger partial charge on any atom is -0.348 e. The van der Waals surface area contributed by atoms with E-state index in [0.717, 1.165) is 19.3 Å². The third-order valence-corrected chi connectivity index (χ3v) is 5.31. The van der Waals surface area contributed by atoms with E-state index in [2.05, 4.69) is 30.6 Å². The summed E-state index contributed by atoms with van der Waals surface area (Å²) in [6.45, 7) is 6.29. The Morgan fingerprint density at radius 2 is 2.32 bits per heavy atom. The second-order valence-electron chi connectivity index (χ2n) is 6.13. The van der Waals surface area contributed by atoms with Gasteiger partial charge in [-0.25, -0.2) is 0 Å². The Hall–Kier alpha value is -0.870. The maximum Gasteiger partial charge on any atom is 0.228 e. The maximum absolute atomic E-state index is 12.6. The molecule has 4 heteroatoms. The van der Waals surface area contributed by atoms with E-state index in [0.29, 0.717) is 5.92 Å². The molecule has 3 nitrogen and oxygen atoms in total. The van der Waals surface area contributed by atoms with Crippen LogP contribution in [-0.4, -0.2) is 11.9 Å². The molecule has 0 aliphatic heterocycles. The Morgan fingerprint density at radius 1 is 1.58 bits per heavy atom. The fourth-order valence-corrected chi connectivity index (χ4v) is 3.76. The lowest BCUT2D eigenvalue weighted by Gasteiger charge is -2.31. The van der Waals surface area contributed by atoms with Gasteiger partial charge in [-0.15, -0.1) is 11.3 Å². The van der Waals surface area contributed by atoms with Gasteiger partial charge in [-0.1, -0.05) is 26.3 Å². The number of nitrogens with one attached hydrogen (secondary N) is 1. The van der Waals surface area contributed by atoms with Crippen molar-refractivity contribution < 1.29 is 4.79 Å². The van der Waals surface area contributed by atoms with Crippen molar-refractivity contribution in [3.05, 3.63) is 22.4 Å². The van der Waals surface area contributed by atoms with E-state index < -0.39 is 5.41 Å². The number of nitrogens with two attached hydrogens (primary N) is 1. The minimum absolute atomic E-state index is 0.0105. The second-order valence-corrected chi connectivity index (χ2v) is 7.11. The van der Waals surface area contributed by atoms with Gasteiger partial charge in [0, 0.05) is 10.9 Å². The molecule has 0 radical (unpaired) electrons. The summed E-state index contributed by atoms with van der Waals surface area (Å²) in [7, 11) is 0. The van der Waals surface area contributed by atoms with Crippen molar-refractivity contribution in [1.82, 2.24) is 5.32 Å². The highest BCUT2D eigenvalue weighted by molar-refractivity contribution is 7.10. The zero-order valence-corrected chi connectivity index (χ0v) is 12.8. The summed E-state index contributed by atoms with van der Waals surface area (Å²) < 4.78 is 0. The second kappa shape index (κ2) is 5.63. The van der Waals surface area contributed by atoms with E-state index in [4.69, 9.17) is 5.73 Å². The zero-order chi connectivity index (χ0) is 14.0. The van der Waals surface area contributed by atoms with Crippen molar-refractivity contribution in [1.29, 1.82) is 0 Å². The number of rotatable bonds is 4. The highest BCUT2D eigenvalue weighted by Gasteiger charge is 2.43. The largest absolute Gasteiger partial charge is 0.348 e. The predicted molar refractivity (Wildman–Crippen MR) is 80.0 cm³/mol. The Bertz CT molecular complexity index is 429. The summed E-state index contributed by atoms with van der Waals surface area (Å²) >= 11 is 1.70. The standard InChI is InChI=1S/C15H24N2OS/c1-10(2)13(11-6-5-9-19-11)17-14(18)15(3)8-4-7-12(15)16/h5-6,9-10,12-13H,4,7-8,16H2,1-3H3,(H,17,18). The van der Waals surface area contributed by atoms with Gasteiger partial charge >= 0.3 is 0 Å². The fourth-order valence-electron chi connectivity index (χ4n) is 2.82. The number of hydrogen-bond acceptors (Lipinski definition) is 3. The van der Waals surface area contributed by atoms with Crippen molar-refractivity contribution in [3.8, 4) is 0 Å². The molecule has 19 heavy (non-hydrogen) atoms. The SMILES string of the molecule is CC(C)C(NC(=O)C1(C)CCCC1N)c1cccs1. The maximum atomic E-state index is 12.6. The number of amides is 1. The normalized spacial score (nSPS) is 28.6. The molecule has 2 rings (SSSR count). The number of carbonyl (C=O) groups is 1. The summed E-state index contributed by atoms with van der Waals surface area (Å²) in [5.74, 6) is 0.494. The van der Waals surface area contributed by atoms with E-state index in [1.807, 2.05) is 13.0 Å². The monoisotopic (exact) mass is 280 g/mol. The zero-order valence-electron chi connectivity index (χ0n) is 12.0. The van der Waals surface area contributed by atoms with Crippen molar-refractivity contribution >= 4 is 17.2 Å². The first-order valence-electron chi connectivity index (χ1n) is 7.05. The predicted octanol–water partition coefficient (Wildman–Crippen LogP) is 3.08. The van der Waals surface area contributed by atoms with Crippen molar-refractivity contribution in [2.24, 2.45) is 17.1 Å². The Balaban J connectivity index is 2.12. The van der Waals surface area contributed by atoms with Gasteiger partial charge in [0.2, 0.25) is 5.91 Å². The van der Waals surface area contributed by atoms with Gasteiger partial charge in [0.1, 0.15) is 0 Å². The van der Waals surface area contributed by atoms with Crippen LogP contribution in [0.3, 0.4) is 0 Å². The van der Waals surface area contributed by atoms with Crippen molar-refractivity contribution in [3.63, 3.8) is 0 Å². The number of hydrogen-bond donors (Lipinski definition) is 2. The molecular formula is C15H24N2OS. The molecule has 0 saturated heterocycles. The fraction of sp³-hybridized carbons (Fsp3) is 0.667. The molecule has 1 amide bonds. The first-order chi connectivity index (χ1) is 8.95. The van der Waals surface area contributed by atoms with E-state index in [1.165, 1.54) is 4.88 Å². The van der Waals surface area contributed by atoms with E-state index >= 15 is 0 Å². The highest BCUT2D eigenvalue weighted by atomic mass is 32.1. The quantitative estimate of drug-likeness (QED) is 0.890. The van der Waals surface area contributed by atoms with Crippen LogP contribution in [0.5, 0.6) is 0 Å². The third-order valence-electron chi connectivity index (χ3n) is 4.35. The highest BCUT2D eigenvalue weighted by Crippen LogP contribution is 2.38. The molecule has 1 aliphatic rings. The van der Waals surface area contributed by atoms with Crippen molar-refractivity contribution in [2.45, 2.75) is 52.1 Å². The molecule has 3 unspecified atom stereocenters. The molecule has 1 aromatic heterocycles. The number of carbonyl (C=O) groups excluding carboxylic acids is 1. The molecule has 1 fully saturated rings. The molecule has 0 bridgehead atoms. The summed E-state index contributed by atoms with van der Waals surface area (Å²) in [6.07, 6.45) is 2.90. The topological polar surface area (TPSA) is 55.1 Å². The van der Waals surface area contributed by atoms with Crippen LogP contribution < -0.4 is 11.1 Å². The van der Waals surface area contributed by atoms with Gasteiger partial charge in [-0.2, -0.15) is 0 Å². The Morgan fingerprint density at radius 3 is 2.79 bits per heavy atom. The molecule has 1 aromatic rings. The van der Waals surface area contributed by atoms with Crippen LogP contribution in [0, 0.1) is 11.3 Å². The Kier molecular flexibility index (Phi) is 4.31.